The second-order valence-electron chi connectivity index (χ2n) is 4.11. The van der Waals surface area contributed by atoms with Crippen LogP contribution in [-0.4, -0.2) is 15.0 Å². The number of non-ortho nitro benzene ring substituents is 1. The lowest BCUT2D eigenvalue weighted by atomic mass is 10.2. The Bertz CT molecular complexity index is 624. The van der Waals surface area contributed by atoms with Crippen LogP contribution in [-0.2, 0) is 6.61 Å². The highest BCUT2D eigenvalue weighted by molar-refractivity contribution is 7.81. The number of thiocarbonyl (C=S) groups is 1. The Kier molecular flexibility index (Phi) is 4.39. The first-order chi connectivity index (χ1) is 9.60. The Balaban J connectivity index is 2.08. The van der Waals surface area contributed by atoms with Crippen LogP contribution < -0.4 is 5.32 Å². The summed E-state index contributed by atoms with van der Waals surface area (Å²) < 4.78 is 0. The van der Waals surface area contributed by atoms with Gasteiger partial charge in [0.05, 0.1) is 11.5 Å². The van der Waals surface area contributed by atoms with Gasteiger partial charge in [0.25, 0.3) is 5.69 Å². The molecular weight excluding hydrogens is 276 g/mol. The molecule has 6 heteroatoms. The van der Waals surface area contributed by atoms with Gasteiger partial charge in [-0.2, -0.15) is 0 Å². The molecule has 0 saturated carbocycles. The Morgan fingerprint density at radius 1 is 1.15 bits per heavy atom. The molecule has 0 aromatic heterocycles. The van der Waals surface area contributed by atoms with Gasteiger partial charge < -0.3 is 10.4 Å². The fourth-order valence-electron chi connectivity index (χ4n) is 1.63. The van der Waals surface area contributed by atoms with Crippen molar-refractivity contribution < 1.29 is 10.0 Å². The van der Waals surface area contributed by atoms with Gasteiger partial charge in [-0.15, -0.1) is 0 Å². The highest BCUT2D eigenvalue weighted by Crippen LogP contribution is 2.15. The maximum atomic E-state index is 10.6. The first-order valence-electron chi connectivity index (χ1n) is 5.86. The summed E-state index contributed by atoms with van der Waals surface area (Å²) in [5.41, 5.74) is 2.35. The van der Waals surface area contributed by atoms with E-state index in [1.54, 1.807) is 24.3 Å². The lowest BCUT2D eigenvalue weighted by molar-refractivity contribution is -0.384. The molecule has 2 N–H and O–H groups in total. The molecule has 0 aliphatic heterocycles. The highest BCUT2D eigenvalue weighted by Gasteiger charge is 2.07. The summed E-state index contributed by atoms with van der Waals surface area (Å²) in [5, 5.41) is 22.6. The molecule has 20 heavy (non-hydrogen) atoms. The number of aliphatic hydroxyl groups excluding tert-OH is 1. The van der Waals surface area contributed by atoms with Gasteiger partial charge >= 0.3 is 0 Å². The second kappa shape index (κ2) is 6.23. The Hall–Kier alpha value is -2.31. The first-order valence-corrected chi connectivity index (χ1v) is 6.26. The molecule has 102 valence electrons. The SMILES string of the molecule is O=[N+]([O-])c1ccc(C(=S)Nc2ccc(CO)cc2)cc1. The first kappa shape index (κ1) is 14.1. The number of nitro benzene ring substituents is 1. The molecule has 5 nitrogen and oxygen atoms in total. The summed E-state index contributed by atoms with van der Waals surface area (Å²) in [6, 6.07) is 13.2. The lowest BCUT2D eigenvalue weighted by Crippen LogP contribution is -2.10. The van der Waals surface area contributed by atoms with Gasteiger partial charge in [0.1, 0.15) is 4.99 Å². The van der Waals surface area contributed by atoms with E-state index < -0.39 is 4.92 Å². The summed E-state index contributed by atoms with van der Waals surface area (Å²) in [7, 11) is 0. The van der Waals surface area contributed by atoms with Gasteiger partial charge in [-0.05, 0) is 29.8 Å². The summed E-state index contributed by atoms with van der Waals surface area (Å²) in [6.45, 7) is -0.00687. The van der Waals surface area contributed by atoms with Gasteiger partial charge in [-0.3, -0.25) is 10.1 Å². The number of hydrogen-bond donors (Lipinski definition) is 2. The lowest BCUT2D eigenvalue weighted by Gasteiger charge is -2.08. The minimum absolute atomic E-state index is 0.00687. The van der Waals surface area contributed by atoms with Crippen LogP contribution in [0.4, 0.5) is 11.4 Å². The molecule has 0 aliphatic rings. The molecule has 2 aromatic carbocycles. The van der Waals surface area contributed by atoms with E-state index in [4.69, 9.17) is 17.3 Å². The van der Waals surface area contributed by atoms with Crippen LogP contribution in [0.5, 0.6) is 0 Å². The Morgan fingerprint density at radius 2 is 1.75 bits per heavy atom. The van der Waals surface area contributed by atoms with Crippen LogP contribution in [0.2, 0.25) is 0 Å². The topological polar surface area (TPSA) is 75.4 Å². The zero-order valence-corrected chi connectivity index (χ0v) is 11.3. The van der Waals surface area contributed by atoms with E-state index in [1.165, 1.54) is 12.1 Å². The number of hydrogen-bond acceptors (Lipinski definition) is 4. The average Bonchev–Trinajstić information content (AvgIpc) is 2.48. The number of nitrogens with zero attached hydrogens (tertiary/aromatic N) is 1. The quantitative estimate of drug-likeness (QED) is 0.514. The molecule has 2 rings (SSSR count). The normalized spacial score (nSPS) is 10.1. The number of anilines is 1. The van der Waals surface area contributed by atoms with E-state index >= 15 is 0 Å². The third kappa shape index (κ3) is 3.37. The minimum Gasteiger partial charge on any atom is -0.392 e. The molecule has 0 atom stereocenters. The van der Waals surface area contributed by atoms with Gasteiger partial charge in [-0.25, -0.2) is 0 Å². The van der Waals surface area contributed by atoms with Gasteiger partial charge in [0.2, 0.25) is 0 Å². The number of rotatable bonds is 4. The summed E-state index contributed by atoms with van der Waals surface area (Å²) in [5.74, 6) is 0. The van der Waals surface area contributed by atoms with E-state index in [-0.39, 0.29) is 12.3 Å². The molecular formula is C14H12N2O3S. The van der Waals surface area contributed by atoms with E-state index in [2.05, 4.69) is 5.32 Å². The third-order valence-electron chi connectivity index (χ3n) is 2.73. The monoisotopic (exact) mass is 288 g/mol. The van der Waals surface area contributed by atoms with Crippen LogP contribution in [0.1, 0.15) is 11.1 Å². The van der Waals surface area contributed by atoms with Crippen molar-refractivity contribution in [2.75, 3.05) is 5.32 Å². The molecule has 0 fully saturated rings. The van der Waals surface area contributed by atoms with E-state index in [9.17, 15) is 10.1 Å². The summed E-state index contributed by atoms with van der Waals surface area (Å²) >= 11 is 5.24. The molecule has 0 saturated heterocycles. The molecule has 2 aromatic rings. The maximum Gasteiger partial charge on any atom is 0.269 e. The molecule has 0 heterocycles. The maximum absolute atomic E-state index is 10.6. The Labute approximate surface area is 121 Å². The van der Waals surface area contributed by atoms with Crippen molar-refractivity contribution in [1.29, 1.82) is 0 Å². The fourth-order valence-corrected chi connectivity index (χ4v) is 1.89. The number of benzene rings is 2. The molecule has 0 aliphatic carbocycles. The molecule has 0 amide bonds. The fraction of sp³-hybridized carbons (Fsp3) is 0.0714. The smallest absolute Gasteiger partial charge is 0.269 e. The van der Waals surface area contributed by atoms with Gasteiger partial charge in [0, 0.05) is 23.4 Å². The van der Waals surface area contributed by atoms with E-state index in [1.807, 2.05) is 12.1 Å². The van der Waals surface area contributed by atoms with Crippen molar-refractivity contribution in [3.8, 4) is 0 Å². The predicted molar refractivity (Wildman–Crippen MR) is 80.8 cm³/mol. The van der Waals surface area contributed by atoms with Crippen LogP contribution in [0.3, 0.4) is 0 Å². The van der Waals surface area contributed by atoms with Crippen molar-refractivity contribution in [3.05, 3.63) is 69.8 Å². The second-order valence-corrected chi connectivity index (χ2v) is 4.52. The molecule has 0 radical (unpaired) electrons. The number of nitro groups is 1. The van der Waals surface area contributed by atoms with Crippen molar-refractivity contribution in [2.45, 2.75) is 6.61 Å². The molecule has 0 spiro atoms. The predicted octanol–water partition coefficient (Wildman–Crippen LogP) is 2.87. The van der Waals surface area contributed by atoms with Crippen LogP contribution in [0.25, 0.3) is 0 Å². The Morgan fingerprint density at radius 3 is 2.25 bits per heavy atom. The molecule has 0 bridgehead atoms. The van der Waals surface area contributed by atoms with Crippen molar-refractivity contribution in [2.24, 2.45) is 0 Å². The van der Waals surface area contributed by atoms with E-state index in [0.29, 0.717) is 10.6 Å². The van der Waals surface area contributed by atoms with Crippen LogP contribution >= 0.6 is 12.2 Å². The molecule has 0 unspecified atom stereocenters. The zero-order valence-electron chi connectivity index (χ0n) is 10.4. The highest BCUT2D eigenvalue weighted by atomic mass is 32.1. The van der Waals surface area contributed by atoms with Crippen LogP contribution in [0, 0.1) is 10.1 Å². The largest absolute Gasteiger partial charge is 0.392 e. The average molecular weight is 288 g/mol. The standard InChI is InChI=1S/C14H12N2O3S/c17-9-10-1-5-12(6-2-10)15-14(20)11-3-7-13(8-4-11)16(18)19/h1-8,17H,9H2,(H,15,20). The zero-order chi connectivity index (χ0) is 14.5. The van der Waals surface area contributed by atoms with Gasteiger partial charge in [-0.1, -0.05) is 24.4 Å². The van der Waals surface area contributed by atoms with Crippen LogP contribution in [0.15, 0.2) is 48.5 Å². The van der Waals surface area contributed by atoms with Crippen molar-refractivity contribution in [1.82, 2.24) is 0 Å². The van der Waals surface area contributed by atoms with Crippen molar-refractivity contribution >= 4 is 28.6 Å². The number of aliphatic hydroxyl groups is 1. The number of nitrogens with one attached hydrogen (secondary N) is 1. The van der Waals surface area contributed by atoms with Crippen molar-refractivity contribution in [3.63, 3.8) is 0 Å². The summed E-state index contributed by atoms with van der Waals surface area (Å²) in [6.07, 6.45) is 0. The summed E-state index contributed by atoms with van der Waals surface area (Å²) in [4.78, 5) is 10.6. The third-order valence-corrected chi connectivity index (χ3v) is 3.07. The van der Waals surface area contributed by atoms with Gasteiger partial charge in [0.15, 0.2) is 0 Å². The minimum atomic E-state index is -0.451. The van der Waals surface area contributed by atoms with E-state index in [0.717, 1.165) is 11.3 Å².